The Balaban J connectivity index is 2.36. The lowest BCUT2D eigenvalue weighted by Crippen LogP contribution is -2.03. The van der Waals surface area contributed by atoms with E-state index in [1.54, 1.807) is 0 Å². The van der Waals surface area contributed by atoms with Crippen molar-refractivity contribution in [2.75, 3.05) is 0 Å². The molecule has 0 saturated carbocycles. The van der Waals surface area contributed by atoms with Crippen LogP contribution in [0.3, 0.4) is 0 Å². The van der Waals surface area contributed by atoms with Gasteiger partial charge in [0.25, 0.3) is 0 Å². The summed E-state index contributed by atoms with van der Waals surface area (Å²) in [5.74, 6) is 0.315. The minimum atomic E-state index is 0.315. The number of hydrogen-bond acceptors (Lipinski definition) is 1. The lowest BCUT2D eigenvalue weighted by Gasteiger charge is -2.16. The molecule has 0 aliphatic rings. The van der Waals surface area contributed by atoms with Crippen molar-refractivity contribution >= 4 is 0 Å². The zero-order valence-corrected chi connectivity index (χ0v) is 10.1. The SMILES string of the molecule is C=C(C)CC(c1ccccc1)c1ccccn1. The van der Waals surface area contributed by atoms with Crippen LogP contribution in [0.1, 0.15) is 30.5 Å². The molecule has 0 bridgehead atoms. The highest BCUT2D eigenvalue weighted by Crippen LogP contribution is 2.28. The monoisotopic (exact) mass is 223 g/mol. The third-order valence-corrected chi connectivity index (χ3v) is 2.80. The van der Waals surface area contributed by atoms with Crippen LogP contribution in [0.5, 0.6) is 0 Å². The molecule has 0 spiro atoms. The molecule has 2 aromatic rings. The van der Waals surface area contributed by atoms with Crippen LogP contribution >= 0.6 is 0 Å². The van der Waals surface area contributed by atoms with Crippen LogP contribution in [0.15, 0.2) is 66.9 Å². The minimum absolute atomic E-state index is 0.315. The predicted octanol–water partition coefficient (Wildman–Crippen LogP) is 4.18. The Morgan fingerprint density at radius 2 is 1.82 bits per heavy atom. The molecule has 1 heteroatoms. The first-order valence-corrected chi connectivity index (χ1v) is 5.87. The summed E-state index contributed by atoms with van der Waals surface area (Å²) in [4.78, 5) is 4.47. The molecule has 2 rings (SSSR count). The molecule has 0 aliphatic heterocycles. The van der Waals surface area contributed by atoms with Crippen molar-refractivity contribution in [2.45, 2.75) is 19.3 Å². The number of pyridine rings is 1. The van der Waals surface area contributed by atoms with Gasteiger partial charge in [-0.3, -0.25) is 4.98 Å². The number of allylic oxidation sites excluding steroid dienone is 1. The Bertz CT molecular complexity index is 434. The Morgan fingerprint density at radius 1 is 1.12 bits per heavy atom. The summed E-state index contributed by atoms with van der Waals surface area (Å²) in [6.07, 6.45) is 2.80. The van der Waals surface area contributed by atoms with Crippen LogP contribution in [0.4, 0.5) is 0 Å². The fourth-order valence-electron chi connectivity index (χ4n) is 2.01. The summed E-state index contributed by atoms with van der Waals surface area (Å²) in [6, 6.07) is 16.6. The van der Waals surface area contributed by atoms with E-state index in [2.05, 4.69) is 48.8 Å². The quantitative estimate of drug-likeness (QED) is 0.708. The van der Waals surface area contributed by atoms with E-state index >= 15 is 0 Å². The van der Waals surface area contributed by atoms with Gasteiger partial charge in [-0.05, 0) is 31.0 Å². The van der Waals surface area contributed by atoms with Gasteiger partial charge in [0.15, 0.2) is 0 Å². The van der Waals surface area contributed by atoms with E-state index in [0.717, 1.165) is 12.1 Å². The first-order chi connectivity index (χ1) is 8.27. The van der Waals surface area contributed by atoms with Crippen LogP contribution in [0, 0.1) is 0 Å². The smallest absolute Gasteiger partial charge is 0.0481 e. The summed E-state index contributed by atoms with van der Waals surface area (Å²) in [5.41, 5.74) is 3.60. The second-order valence-corrected chi connectivity index (χ2v) is 4.38. The average Bonchev–Trinajstić information content (AvgIpc) is 2.38. The molecular formula is C16H17N. The van der Waals surface area contributed by atoms with Gasteiger partial charge in [0.2, 0.25) is 0 Å². The van der Waals surface area contributed by atoms with Gasteiger partial charge in [0.1, 0.15) is 0 Å². The normalized spacial score (nSPS) is 12.1. The van der Waals surface area contributed by atoms with E-state index in [9.17, 15) is 0 Å². The second kappa shape index (κ2) is 5.44. The predicted molar refractivity (Wildman–Crippen MR) is 72.0 cm³/mol. The van der Waals surface area contributed by atoms with E-state index in [-0.39, 0.29) is 0 Å². The standard InChI is InChI=1S/C16H17N/c1-13(2)12-15(14-8-4-3-5-9-14)16-10-6-7-11-17-16/h3-11,15H,1,12H2,2H3. The van der Waals surface area contributed by atoms with Crippen LogP contribution < -0.4 is 0 Å². The highest BCUT2D eigenvalue weighted by Gasteiger charge is 2.14. The number of benzene rings is 1. The summed E-state index contributed by atoms with van der Waals surface area (Å²) in [7, 11) is 0. The molecule has 0 fully saturated rings. The second-order valence-electron chi connectivity index (χ2n) is 4.38. The van der Waals surface area contributed by atoms with E-state index in [0.29, 0.717) is 5.92 Å². The molecular weight excluding hydrogens is 206 g/mol. The molecule has 0 saturated heterocycles. The molecule has 0 amide bonds. The Hall–Kier alpha value is -1.89. The van der Waals surface area contributed by atoms with Gasteiger partial charge in [0.05, 0.1) is 0 Å². The third kappa shape index (κ3) is 3.04. The van der Waals surface area contributed by atoms with Gasteiger partial charge in [-0.25, -0.2) is 0 Å². The van der Waals surface area contributed by atoms with E-state index in [4.69, 9.17) is 0 Å². The molecule has 1 unspecified atom stereocenters. The van der Waals surface area contributed by atoms with Crippen molar-refractivity contribution in [2.24, 2.45) is 0 Å². The van der Waals surface area contributed by atoms with Gasteiger partial charge >= 0.3 is 0 Å². The average molecular weight is 223 g/mol. The van der Waals surface area contributed by atoms with Crippen molar-refractivity contribution in [3.05, 3.63) is 78.1 Å². The maximum Gasteiger partial charge on any atom is 0.0481 e. The fourth-order valence-corrected chi connectivity index (χ4v) is 2.01. The maximum absolute atomic E-state index is 4.47. The lowest BCUT2D eigenvalue weighted by atomic mass is 9.89. The molecule has 1 heterocycles. The van der Waals surface area contributed by atoms with E-state index in [1.165, 1.54) is 11.1 Å². The molecule has 0 N–H and O–H groups in total. The zero-order valence-electron chi connectivity index (χ0n) is 10.1. The number of nitrogens with zero attached hydrogens (tertiary/aromatic N) is 1. The van der Waals surface area contributed by atoms with Gasteiger partial charge in [-0.15, -0.1) is 6.58 Å². The zero-order chi connectivity index (χ0) is 12.1. The van der Waals surface area contributed by atoms with Gasteiger partial charge in [-0.2, -0.15) is 0 Å². The Labute approximate surface area is 103 Å². The van der Waals surface area contributed by atoms with Crippen molar-refractivity contribution in [1.29, 1.82) is 0 Å². The van der Waals surface area contributed by atoms with Crippen molar-refractivity contribution in [3.8, 4) is 0 Å². The van der Waals surface area contributed by atoms with Crippen molar-refractivity contribution in [3.63, 3.8) is 0 Å². The Morgan fingerprint density at radius 3 is 2.41 bits per heavy atom. The largest absolute Gasteiger partial charge is 0.261 e. The summed E-state index contributed by atoms with van der Waals surface area (Å²) < 4.78 is 0. The van der Waals surface area contributed by atoms with Crippen molar-refractivity contribution < 1.29 is 0 Å². The first kappa shape index (κ1) is 11.6. The van der Waals surface area contributed by atoms with E-state index < -0.39 is 0 Å². The van der Waals surface area contributed by atoms with Crippen LogP contribution in [0.2, 0.25) is 0 Å². The van der Waals surface area contributed by atoms with Crippen LogP contribution in [-0.2, 0) is 0 Å². The number of rotatable bonds is 4. The molecule has 86 valence electrons. The molecule has 17 heavy (non-hydrogen) atoms. The van der Waals surface area contributed by atoms with Crippen LogP contribution in [0.25, 0.3) is 0 Å². The molecule has 0 aliphatic carbocycles. The van der Waals surface area contributed by atoms with Gasteiger partial charge in [0, 0.05) is 17.8 Å². The molecule has 1 nitrogen and oxygen atoms in total. The Kier molecular flexibility index (Phi) is 3.71. The van der Waals surface area contributed by atoms with Crippen LogP contribution in [-0.4, -0.2) is 4.98 Å². The van der Waals surface area contributed by atoms with E-state index in [1.807, 2.05) is 24.4 Å². The number of aromatic nitrogens is 1. The maximum atomic E-state index is 4.47. The molecule has 0 radical (unpaired) electrons. The lowest BCUT2D eigenvalue weighted by molar-refractivity contribution is 0.768. The van der Waals surface area contributed by atoms with Crippen molar-refractivity contribution in [1.82, 2.24) is 4.98 Å². The third-order valence-electron chi connectivity index (χ3n) is 2.80. The summed E-state index contributed by atoms with van der Waals surface area (Å²) in [6.45, 7) is 6.09. The van der Waals surface area contributed by atoms with Gasteiger partial charge < -0.3 is 0 Å². The topological polar surface area (TPSA) is 12.9 Å². The highest BCUT2D eigenvalue weighted by molar-refractivity contribution is 5.29. The minimum Gasteiger partial charge on any atom is -0.261 e. The molecule has 1 aromatic carbocycles. The number of hydrogen-bond donors (Lipinski definition) is 0. The highest BCUT2D eigenvalue weighted by atomic mass is 14.7. The molecule has 1 aromatic heterocycles. The summed E-state index contributed by atoms with van der Waals surface area (Å²) in [5, 5.41) is 0. The fraction of sp³-hybridized carbons (Fsp3) is 0.188. The first-order valence-electron chi connectivity index (χ1n) is 5.87. The van der Waals surface area contributed by atoms with Gasteiger partial charge in [-0.1, -0.05) is 42.0 Å². The summed E-state index contributed by atoms with van der Waals surface area (Å²) >= 11 is 0. The molecule has 1 atom stereocenters.